The van der Waals surface area contributed by atoms with Crippen LogP contribution in [-0.2, 0) is 14.3 Å². The number of carbonyl (C=O) groups is 2. The van der Waals surface area contributed by atoms with Crippen LogP contribution in [0.15, 0.2) is 24.3 Å². The molecule has 1 aromatic carbocycles. The van der Waals surface area contributed by atoms with Crippen molar-refractivity contribution in [1.82, 2.24) is 0 Å². The number of benzene rings is 1. The van der Waals surface area contributed by atoms with Gasteiger partial charge in [-0.2, -0.15) is 0 Å². The van der Waals surface area contributed by atoms with E-state index in [0.717, 1.165) is 24.1 Å². The molecule has 0 aliphatic heterocycles. The number of ether oxygens (including phenoxy) is 1. The van der Waals surface area contributed by atoms with E-state index in [1.165, 1.54) is 44.9 Å². The molecule has 0 saturated heterocycles. The highest BCUT2D eigenvalue weighted by atomic mass is 16.5. The van der Waals surface area contributed by atoms with Gasteiger partial charge in [0.1, 0.15) is 0 Å². The molecule has 1 amide bonds. The number of anilines is 1. The number of aryl methyl sites for hydroxylation is 1. The molecule has 1 aromatic rings. The minimum absolute atomic E-state index is 0.0627. The topological polar surface area (TPSA) is 55.4 Å². The molecule has 0 atom stereocenters. The first-order chi connectivity index (χ1) is 13.1. The van der Waals surface area contributed by atoms with Crippen molar-refractivity contribution in [2.24, 2.45) is 0 Å². The van der Waals surface area contributed by atoms with Gasteiger partial charge in [0.25, 0.3) is 0 Å². The Bertz CT molecular complexity index is 542. The van der Waals surface area contributed by atoms with Crippen LogP contribution >= 0.6 is 0 Å². The molecule has 0 unspecified atom stereocenters. The van der Waals surface area contributed by atoms with Crippen LogP contribution in [0.25, 0.3) is 0 Å². The maximum atomic E-state index is 11.9. The summed E-state index contributed by atoms with van der Waals surface area (Å²) < 4.78 is 5.25. The summed E-state index contributed by atoms with van der Waals surface area (Å²) >= 11 is 0. The fraction of sp³-hybridized carbons (Fsp3) is 0.652. The Morgan fingerprint density at radius 2 is 1.56 bits per heavy atom. The van der Waals surface area contributed by atoms with Crippen molar-refractivity contribution in [2.75, 3.05) is 11.9 Å². The average molecular weight is 376 g/mol. The molecule has 0 radical (unpaired) electrons. The largest absolute Gasteiger partial charge is 0.466 e. The molecule has 1 rings (SSSR count). The lowest BCUT2D eigenvalue weighted by Crippen LogP contribution is -2.13. The van der Waals surface area contributed by atoms with E-state index in [4.69, 9.17) is 4.74 Å². The maximum Gasteiger partial charge on any atom is 0.305 e. The zero-order valence-electron chi connectivity index (χ0n) is 17.2. The first-order valence-corrected chi connectivity index (χ1v) is 10.6. The fourth-order valence-corrected chi connectivity index (χ4v) is 3.01. The second-order valence-electron chi connectivity index (χ2n) is 7.32. The number of carbonyl (C=O) groups excluding carboxylic acids is 2. The molecule has 0 fully saturated rings. The molecule has 0 saturated carbocycles. The number of rotatable bonds is 15. The van der Waals surface area contributed by atoms with Crippen molar-refractivity contribution in [3.8, 4) is 0 Å². The Hall–Kier alpha value is -1.84. The predicted octanol–water partition coefficient (Wildman–Crippen LogP) is 6.18. The van der Waals surface area contributed by atoms with E-state index in [0.29, 0.717) is 25.9 Å². The second-order valence-corrected chi connectivity index (χ2v) is 7.32. The number of nitrogens with one attached hydrogen (secondary N) is 1. The van der Waals surface area contributed by atoms with Crippen LogP contribution < -0.4 is 5.32 Å². The molecular formula is C23H37NO3. The summed E-state index contributed by atoms with van der Waals surface area (Å²) in [5.74, 6) is -0.259. The number of hydrogen-bond donors (Lipinski definition) is 1. The lowest BCUT2D eigenvalue weighted by atomic mass is 10.1. The molecule has 0 aliphatic carbocycles. The smallest absolute Gasteiger partial charge is 0.305 e. The fourth-order valence-electron chi connectivity index (χ4n) is 3.01. The first-order valence-electron chi connectivity index (χ1n) is 10.6. The van der Waals surface area contributed by atoms with E-state index in [-0.39, 0.29) is 11.9 Å². The summed E-state index contributed by atoms with van der Waals surface area (Å²) in [6.45, 7) is 4.73. The van der Waals surface area contributed by atoms with Gasteiger partial charge < -0.3 is 10.1 Å². The molecule has 27 heavy (non-hydrogen) atoms. The molecule has 152 valence electrons. The summed E-state index contributed by atoms with van der Waals surface area (Å²) in [4.78, 5) is 23.6. The van der Waals surface area contributed by atoms with Crippen LogP contribution in [0.4, 0.5) is 5.69 Å². The maximum absolute atomic E-state index is 11.9. The van der Waals surface area contributed by atoms with Gasteiger partial charge in [-0.05, 0) is 37.5 Å². The zero-order valence-corrected chi connectivity index (χ0v) is 17.2. The molecule has 0 aliphatic rings. The van der Waals surface area contributed by atoms with Gasteiger partial charge in [-0.1, -0.05) is 70.4 Å². The Morgan fingerprint density at radius 3 is 2.22 bits per heavy atom. The molecule has 1 N–H and O–H groups in total. The number of esters is 1. The molecule has 0 bridgehead atoms. The van der Waals surface area contributed by atoms with Gasteiger partial charge in [0.05, 0.1) is 6.61 Å². The van der Waals surface area contributed by atoms with Gasteiger partial charge in [0.15, 0.2) is 0 Å². The lowest BCUT2D eigenvalue weighted by Gasteiger charge is -2.07. The normalized spacial score (nSPS) is 10.6. The summed E-state index contributed by atoms with van der Waals surface area (Å²) in [7, 11) is 0. The number of amides is 1. The Balaban J connectivity index is 1.94. The van der Waals surface area contributed by atoms with Gasteiger partial charge in [0, 0.05) is 18.5 Å². The molecule has 4 heteroatoms. The Labute approximate surface area is 165 Å². The van der Waals surface area contributed by atoms with Gasteiger partial charge in [-0.25, -0.2) is 0 Å². The van der Waals surface area contributed by atoms with E-state index in [2.05, 4.69) is 12.2 Å². The van der Waals surface area contributed by atoms with Crippen molar-refractivity contribution >= 4 is 17.6 Å². The standard InChI is InChI=1S/C23H37NO3/c1-3-4-5-6-7-8-9-10-11-18-27-23(26)17-13-16-22(25)24-21-15-12-14-20(2)19-21/h12,14-15,19H,3-11,13,16-18H2,1-2H3,(H,24,25). The molecule has 0 spiro atoms. The van der Waals surface area contributed by atoms with E-state index in [1.54, 1.807) is 0 Å². The molecule has 0 heterocycles. The van der Waals surface area contributed by atoms with E-state index in [1.807, 2.05) is 31.2 Å². The summed E-state index contributed by atoms with van der Waals surface area (Å²) in [5, 5.41) is 2.85. The zero-order chi connectivity index (χ0) is 19.7. The van der Waals surface area contributed by atoms with Crippen molar-refractivity contribution in [3.05, 3.63) is 29.8 Å². The van der Waals surface area contributed by atoms with E-state index < -0.39 is 0 Å². The monoisotopic (exact) mass is 375 g/mol. The Kier molecular flexibility index (Phi) is 13.1. The SMILES string of the molecule is CCCCCCCCCCCOC(=O)CCCC(=O)Nc1cccc(C)c1. The number of unbranched alkanes of at least 4 members (excludes halogenated alkanes) is 8. The van der Waals surface area contributed by atoms with E-state index >= 15 is 0 Å². The number of hydrogen-bond acceptors (Lipinski definition) is 3. The van der Waals surface area contributed by atoms with Crippen LogP contribution in [-0.4, -0.2) is 18.5 Å². The van der Waals surface area contributed by atoms with Crippen LogP contribution in [0.5, 0.6) is 0 Å². The third kappa shape index (κ3) is 13.0. The van der Waals surface area contributed by atoms with Crippen LogP contribution in [0.2, 0.25) is 0 Å². The lowest BCUT2D eigenvalue weighted by molar-refractivity contribution is -0.143. The molecule has 4 nitrogen and oxygen atoms in total. The average Bonchev–Trinajstić information content (AvgIpc) is 2.63. The van der Waals surface area contributed by atoms with Gasteiger partial charge in [-0.15, -0.1) is 0 Å². The predicted molar refractivity (Wildman–Crippen MR) is 112 cm³/mol. The van der Waals surface area contributed by atoms with Crippen LogP contribution in [0.1, 0.15) is 89.5 Å². The highest BCUT2D eigenvalue weighted by Crippen LogP contribution is 2.11. The molecule has 0 aromatic heterocycles. The highest BCUT2D eigenvalue weighted by Gasteiger charge is 2.07. The van der Waals surface area contributed by atoms with Gasteiger partial charge >= 0.3 is 5.97 Å². The van der Waals surface area contributed by atoms with E-state index in [9.17, 15) is 9.59 Å². The first kappa shape index (κ1) is 23.2. The van der Waals surface area contributed by atoms with Gasteiger partial charge in [-0.3, -0.25) is 9.59 Å². The van der Waals surface area contributed by atoms with Crippen molar-refractivity contribution in [3.63, 3.8) is 0 Å². The Morgan fingerprint density at radius 1 is 0.889 bits per heavy atom. The van der Waals surface area contributed by atoms with Crippen LogP contribution in [0, 0.1) is 6.92 Å². The highest BCUT2D eigenvalue weighted by molar-refractivity contribution is 5.90. The molecular weight excluding hydrogens is 338 g/mol. The third-order valence-electron chi connectivity index (χ3n) is 4.60. The quantitative estimate of drug-likeness (QED) is 0.294. The minimum atomic E-state index is -0.196. The minimum Gasteiger partial charge on any atom is -0.466 e. The third-order valence-corrected chi connectivity index (χ3v) is 4.60. The summed E-state index contributed by atoms with van der Waals surface area (Å²) in [6.07, 6.45) is 12.4. The van der Waals surface area contributed by atoms with Crippen LogP contribution in [0.3, 0.4) is 0 Å². The summed E-state index contributed by atoms with van der Waals surface area (Å²) in [6, 6.07) is 7.69. The second kappa shape index (κ2) is 15.2. The van der Waals surface area contributed by atoms with Crippen molar-refractivity contribution < 1.29 is 14.3 Å². The van der Waals surface area contributed by atoms with Crippen molar-refractivity contribution in [1.29, 1.82) is 0 Å². The van der Waals surface area contributed by atoms with Crippen molar-refractivity contribution in [2.45, 2.75) is 90.9 Å². The van der Waals surface area contributed by atoms with Gasteiger partial charge in [0.2, 0.25) is 5.91 Å². The summed E-state index contributed by atoms with van der Waals surface area (Å²) in [5.41, 5.74) is 1.90.